The SMILES string of the molecule is Cl.O=S(=O)(Cc1ccccn1)N1CCNCC1. The van der Waals surface area contributed by atoms with Crippen LogP contribution in [0.1, 0.15) is 5.69 Å². The molecule has 0 radical (unpaired) electrons. The normalized spacial score (nSPS) is 17.4. The fourth-order valence-electron chi connectivity index (χ4n) is 1.68. The van der Waals surface area contributed by atoms with E-state index in [1.165, 1.54) is 4.31 Å². The van der Waals surface area contributed by atoms with Crippen LogP contribution in [-0.4, -0.2) is 43.9 Å². The second-order valence-electron chi connectivity index (χ2n) is 3.73. The van der Waals surface area contributed by atoms with Crippen molar-refractivity contribution in [1.82, 2.24) is 14.6 Å². The van der Waals surface area contributed by atoms with E-state index in [2.05, 4.69) is 10.3 Å². The maximum Gasteiger partial charge on any atom is 0.219 e. The lowest BCUT2D eigenvalue weighted by Gasteiger charge is -2.26. The number of nitrogens with one attached hydrogen (secondary N) is 1. The van der Waals surface area contributed by atoms with E-state index >= 15 is 0 Å². The van der Waals surface area contributed by atoms with Crippen LogP contribution in [0.25, 0.3) is 0 Å². The molecular weight excluding hydrogens is 262 g/mol. The molecule has 0 aromatic carbocycles. The monoisotopic (exact) mass is 277 g/mol. The van der Waals surface area contributed by atoms with Gasteiger partial charge in [-0.2, -0.15) is 4.31 Å². The van der Waals surface area contributed by atoms with E-state index < -0.39 is 10.0 Å². The van der Waals surface area contributed by atoms with Crippen molar-refractivity contribution in [2.45, 2.75) is 5.75 Å². The average Bonchev–Trinajstić information content (AvgIpc) is 2.31. The predicted octanol–water partition coefficient (Wildman–Crippen LogP) is 0.238. The van der Waals surface area contributed by atoms with E-state index in [9.17, 15) is 8.42 Å². The average molecular weight is 278 g/mol. The van der Waals surface area contributed by atoms with Gasteiger partial charge < -0.3 is 5.32 Å². The third-order valence-electron chi connectivity index (χ3n) is 2.53. The Labute approximate surface area is 108 Å². The first-order valence-corrected chi connectivity index (χ1v) is 6.88. The molecule has 1 fully saturated rings. The summed E-state index contributed by atoms with van der Waals surface area (Å²) in [4.78, 5) is 4.04. The molecule has 1 saturated heterocycles. The molecule has 0 amide bonds. The molecule has 1 aromatic rings. The van der Waals surface area contributed by atoms with Crippen LogP contribution < -0.4 is 5.32 Å². The molecule has 7 heteroatoms. The molecule has 2 heterocycles. The van der Waals surface area contributed by atoms with Crippen molar-refractivity contribution < 1.29 is 8.42 Å². The number of sulfonamides is 1. The number of halogens is 1. The van der Waals surface area contributed by atoms with Crippen LogP contribution in [0.3, 0.4) is 0 Å². The van der Waals surface area contributed by atoms with E-state index in [1.54, 1.807) is 24.4 Å². The summed E-state index contributed by atoms with van der Waals surface area (Å²) in [6.45, 7) is 2.55. The summed E-state index contributed by atoms with van der Waals surface area (Å²) in [6.07, 6.45) is 1.61. The largest absolute Gasteiger partial charge is 0.314 e. The summed E-state index contributed by atoms with van der Waals surface area (Å²) in [7, 11) is -3.21. The van der Waals surface area contributed by atoms with E-state index in [0.29, 0.717) is 18.8 Å². The quantitative estimate of drug-likeness (QED) is 0.860. The van der Waals surface area contributed by atoms with Gasteiger partial charge in [0.2, 0.25) is 10.0 Å². The Kier molecular flexibility index (Phi) is 5.32. The van der Waals surface area contributed by atoms with Crippen LogP contribution in [0.2, 0.25) is 0 Å². The number of pyridine rings is 1. The molecular formula is C10H16ClN3O2S. The maximum atomic E-state index is 12.0. The van der Waals surface area contributed by atoms with Crippen molar-refractivity contribution >= 4 is 22.4 Å². The predicted molar refractivity (Wildman–Crippen MR) is 68.6 cm³/mol. The molecule has 5 nitrogen and oxygen atoms in total. The Bertz CT molecular complexity index is 432. The Morgan fingerprint density at radius 1 is 1.29 bits per heavy atom. The second kappa shape index (κ2) is 6.30. The number of hydrogen-bond donors (Lipinski definition) is 1. The van der Waals surface area contributed by atoms with E-state index in [4.69, 9.17) is 0 Å². The molecule has 0 bridgehead atoms. The zero-order chi connectivity index (χ0) is 11.4. The molecule has 1 aromatic heterocycles. The van der Waals surface area contributed by atoms with E-state index in [0.717, 1.165) is 13.1 Å². The second-order valence-corrected chi connectivity index (χ2v) is 5.70. The maximum absolute atomic E-state index is 12.0. The lowest BCUT2D eigenvalue weighted by Crippen LogP contribution is -2.46. The summed E-state index contributed by atoms with van der Waals surface area (Å²) in [5.74, 6) is -0.00611. The van der Waals surface area contributed by atoms with Crippen LogP contribution in [0.15, 0.2) is 24.4 Å². The molecule has 1 aliphatic heterocycles. The molecule has 0 spiro atoms. The Hall–Kier alpha value is -0.690. The van der Waals surface area contributed by atoms with Crippen LogP contribution in [0.5, 0.6) is 0 Å². The minimum atomic E-state index is -3.21. The molecule has 1 N–H and O–H groups in total. The Morgan fingerprint density at radius 2 is 2.00 bits per heavy atom. The van der Waals surface area contributed by atoms with Crippen LogP contribution in [-0.2, 0) is 15.8 Å². The van der Waals surface area contributed by atoms with Gasteiger partial charge in [-0.15, -0.1) is 12.4 Å². The highest BCUT2D eigenvalue weighted by atomic mass is 35.5. The van der Waals surface area contributed by atoms with Gasteiger partial charge in [-0.05, 0) is 12.1 Å². The zero-order valence-electron chi connectivity index (χ0n) is 9.37. The smallest absolute Gasteiger partial charge is 0.219 e. The van der Waals surface area contributed by atoms with Crippen molar-refractivity contribution in [3.63, 3.8) is 0 Å². The third kappa shape index (κ3) is 3.92. The van der Waals surface area contributed by atoms with Gasteiger partial charge in [-0.25, -0.2) is 8.42 Å². The van der Waals surface area contributed by atoms with Crippen molar-refractivity contribution in [3.05, 3.63) is 30.1 Å². The minimum absolute atomic E-state index is 0. The van der Waals surface area contributed by atoms with Crippen LogP contribution in [0.4, 0.5) is 0 Å². The van der Waals surface area contributed by atoms with Crippen molar-refractivity contribution in [2.75, 3.05) is 26.2 Å². The lowest BCUT2D eigenvalue weighted by atomic mass is 10.4. The lowest BCUT2D eigenvalue weighted by molar-refractivity contribution is 0.359. The first kappa shape index (κ1) is 14.4. The summed E-state index contributed by atoms with van der Waals surface area (Å²) in [5.41, 5.74) is 0.598. The molecule has 96 valence electrons. The topological polar surface area (TPSA) is 62.3 Å². The Morgan fingerprint density at radius 3 is 2.59 bits per heavy atom. The molecule has 0 saturated carbocycles. The zero-order valence-corrected chi connectivity index (χ0v) is 11.0. The van der Waals surface area contributed by atoms with Gasteiger partial charge in [0, 0.05) is 32.4 Å². The molecule has 0 unspecified atom stereocenters. The molecule has 17 heavy (non-hydrogen) atoms. The van der Waals surface area contributed by atoms with Gasteiger partial charge in [0.15, 0.2) is 0 Å². The first-order chi connectivity index (χ1) is 7.68. The molecule has 0 atom stereocenters. The van der Waals surface area contributed by atoms with Crippen molar-refractivity contribution in [3.8, 4) is 0 Å². The minimum Gasteiger partial charge on any atom is -0.314 e. The van der Waals surface area contributed by atoms with Gasteiger partial charge in [0.05, 0.1) is 5.69 Å². The molecule has 0 aliphatic carbocycles. The highest BCUT2D eigenvalue weighted by Crippen LogP contribution is 2.09. The van der Waals surface area contributed by atoms with Crippen molar-refractivity contribution in [2.24, 2.45) is 0 Å². The fourth-order valence-corrected chi connectivity index (χ4v) is 3.15. The standard InChI is InChI=1S/C10H15N3O2S.ClH/c14-16(15,13-7-5-11-6-8-13)9-10-3-1-2-4-12-10;/h1-4,11H,5-9H2;1H. The van der Waals surface area contributed by atoms with Gasteiger partial charge in [-0.3, -0.25) is 4.98 Å². The number of nitrogens with zero attached hydrogens (tertiary/aromatic N) is 2. The highest BCUT2D eigenvalue weighted by molar-refractivity contribution is 7.88. The van der Waals surface area contributed by atoms with Gasteiger partial charge in [0.1, 0.15) is 5.75 Å². The van der Waals surface area contributed by atoms with Crippen LogP contribution >= 0.6 is 12.4 Å². The number of aromatic nitrogens is 1. The van der Waals surface area contributed by atoms with E-state index in [1.807, 2.05) is 0 Å². The molecule has 1 aliphatic rings. The first-order valence-electron chi connectivity index (χ1n) is 5.27. The van der Waals surface area contributed by atoms with Crippen LogP contribution in [0, 0.1) is 0 Å². The van der Waals surface area contributed by atoms with Gasteiger partial charge in [0.25, 0.3) is 0 Å². The Balaban J connectivity index is 0.00000144. The fraction of sp³-hybridized carbons (Fsp3) is 0.500. The summed E-state index contributed by atoms with van der Waals surface area (Å²) >= 11 is 0. The highest BCUT2D eigenvalue weighted by Gasteiger charge is 2.24. The summed E-state index contributed by atoms with van der Waals surface area (Å²) in [6, 6.07) is 5.32. The van der Waals surface area contributed by atoms with Gasteiger partial charge in [-0.1, -0.05) is 6.07 Å². The number of hydrogen-bond acceptors (Lipinski definition) is 4. The third-order valence-corrected chi connectivity index (χ3v) is 4.34. The number of piperazine rings is 1. The number of rotatable bonds is 3. The van der Waals surface area contributed by atoms with Gasteiger partial charge >= 0.3 is 0 Å². The van der Waals surface area contributed by atoms with Crippen molar-refractivity contribution in [1.29, 1.82) is 0 Å². The molecule has 2 rings (SSSR count). The summed E-state index contributed by atoms with van der Waals surface area (Å²) in [5, 5.41) is 3.13. The van der Waals surface area contributed by atoms with E-state index in [-0.39, 0.29) is 18.2 Å². The summed E-state index contributed by atoms with van der Waals surface area (Å²) < 4.78 is 25.6.